The van der Waals surface area contributed by atoms with Crippen LogP contribution in [-0.4, -0.2) is 0 Å². The number of benzene rings is 2. The number of hydrogen-bond acceptors (Lipinski definition) is 0. The van der Waals surface area contributed by atoms with Gasteiger partial charge in [0, 0.05) is 13.0 Å². The molecule has 1 fully saturated rings. The zero-order valence-corrected chi connectivity index (χ0v) is 17.5. The minimum atomic E-state index is 0.696. The van der Waals surface area contributed by atoms with E-state index in [4.69, 9.17) is 6.57 Å². The van der Waals surface area contributed by atoms with Crippen LogP contribution in [0.2, 0.25) is 0 Å². The minimum Gasteiger partial charge on any atom is -0.238 e. The van der Waals surface area contributed by atoms with Crippen LogP contribution >= 0.6 is 0 Å². The highest BCUT2D eigenvalue weighted by Crippen LogP contribution is 2.38. The first-order chi connectivity index (χ1) is 13.5. The van der Waals surface area contributed by atoms with E-state index in [9.17, 15) is 0 Å². The molecule has 4 rings (SSSR count). The van der Waals surface area contributed by atoms with Gasteiger partial charge in [-0.2, -0.15) is 4.57 Å². The summed E-state index contributed by atoms with van der Waals surface area (Å²) in [6, 6.07) is 13.2. The number of aryl methyl sites for hydroxylation is 2. The van der Waals surface area contributed by atoms with Crippen LogP contribution in [0.4, 0.5) is 5.69 Å². The van der Waals surface area contributed by atoms with Crippen LogP contribution in [0.5, 0.6) is 0 Å². The molecule has 0 atom stereocenters. The van der Waals surface area contributed by atoms with E-state index in [-0.39, 0.29) is 0 Å². The highest BCUT2D eigenvalue weighted by molar-refractivity contribution is 5.96. The number of pyridine rings is 1. The molecule has 0 amide bonds. The predicted octanol–water partition coefficient (Wildman–Crippen LogP) is 6.86. The summed E-state index contributed by atoms with van der Waals surface area (Å²) < 4.78 is 2.31. The summed E-state index contributed by atoms with van der Waals surface area (Å²) >= 11 is 0. The third-order valence-electron chi connectivity index (χ3n) is 6.67. The van der Waals surface area contributed by atoms with Crippen molar-refractivity contribution in [3.63, 3.8) is 0 Å². The molecule has 1 aliphatic carbocycles. The molecule has 0 radical (unpaired) electrons. The van der Waals surface area contributed by atoms with Crippen molar-refractivity contribution in [2.45, 2.75) is 58.8 Å². The van der Waals surface area contributed by atoms with Gasteiger partial charge in [0.1, 0.15) is 7.05 Å². The molecule has 0 aliphatic heterocycles. The van der Waals surface area contributed by atoms with E-state index < -0.39 is 0 Å². The lowest BCUT2D eigenvalue weighted by molar-refractivity contribution is -0.665. The summed E-state index contributed by atoms with van der Waals surface area (Å²) in [6.45, 7) is 14.0. The van der Waals surface area contributed by atoms with E-state index in [0.29, 0.717) is 11.6 Å². The molecule has 2 aromatic carbocycles. The summed E-state index contributed by atoms with van der Waals surface area (Å²) in [6.07, 6.45) is 6.73. The van der Waals surface area contributed by atoms with Gasteiger partial charge >= 0.3 is 0 Å². The Morgan fingerprint density at radius 1 is 0.964 bits per heavy atom. The predicted molar refractivity (Wildman–Crippen MR) is 117 cm³/mol. The van der Waals surface area contributed by atoms with E-state index in [1.165, 1.54) is 71.1 Å². The Balaban J connectivity index is 1.98. The fourth-order valence-electron chi connectivity index (χ4n) is 4.76. The zero-order chi connectivity index (χ0) is 19.8. The summed E-state index contributed by atoms with van der Waals surface area (Å²) in [5.41, 5.74) is 8.77. The molecule has 2 heteroatoms. The van der Waals surface area contributed by atoms with Crippen molar-refractivity contribution in [2.24, 2.45) is 7.05 Å². The summed E-state index contributed by atoms with van der Waals surface area (Å²) in [5.74, 6) is 0.696. The van der Waals surface area contributed by atoms with Gasteiger partial charge in [-0.05, 0) is 66.8 Å². The van der Waals surface area contributed by atoms with Crippen LogP contribution < -0.4 is 4.57 Å². The van der Waals surface area contributed by atoms with Crippen LogP contribution in [-0.2, 0) is 7.05 Å². The van der Waals surface area contributed by atoms with Gasteiger partial charge in [0.05, 0.1) is 17.5 Å². The molecular weight excluding hydrogens is 340 g/mol. The standard InChI is InChI=1S/C26H29N2/c1-17-13-21(20-9-7-6-8-10-20)16-25(19(17)3)26-24-12-11-23(27-4)15-22(24)14-18(2)28(26)5/h11-16,20H,6-10H2,1-3,5H3/q+1. The van der Waals surface area contributed by atoms with Crippen LogP contribution in [0.1, 0.15) is 60.4 Å². The second-order valence-corrected chi connectivity index (χ2v) is 8.42. The number of aromatic nitrogens is 1. The van der Waals surface area contributed by atoms with E-state index >= 15 is 0 Å². The average molecular weight is 370 g/mol. The van der Waals surface area contributed by atoms with Gasteiger partial charge in [0.15, 0.2) is 11.4 Å². The molecule has 142 valence electrons. The van der Waals surface area contributed by atoms with Gasteiger partial charge in [-0.25, -0.2) is 4.85 Å². The molecule has 0 bridgehead atoms. The Morgan fingerprint density at radius 2 is 1.71 bits per heavy atom. The maximum Gasteiger partial charge on any atom is 0.220 e. The Kier molecular flexibility index (Phi) is 4.94. The van der Waals surface area contributed by atoms with Crippen molar-refractivity contribution in [1.29, 1.82) is 0 Å². The number of rotatable bonds is 2. The van der Waals surface area contributed by atoms with E-state index in [1.54, 1.807) is 0 Å². The van der Waals surface area contributed by atoms with Crippen molar-refractivity contribution in [1.82, 2.24) is 0 Å². The number of fused-ring (bicyclic) bond motifs is 1. The van der Waals surface area contributed by atoms with Gasteiger partial charge in [-0.15, -0.1) is 0 Å². The zero-order valence-electron chi connectivity index (χ0n) is 17.5. The quantitative estimate of drug-likeness (QED) is 0.345. The Labute approximate surface area is 168 Å². The summed E-state index contributed by atoms with van der Waals surface area (Å²) in [5, 5.41) is 2.38. The van der Waals surface area contributed by atoms with E-state index in [0.717, 1.165) is 5.39 Å². The maximum absolute atomic E-state index is 7.36. The Morgan fingerprint density at radius 3 is 2.43 bits per heavy atom. The van der Waals surface area contributed by atoms with Crippen LogP contribution in [0, 0.1) is 27.3 Å². The van der Waals surface area contributed by atoms with Gasteiger partial charge in [0.2, 0.25) is 5.69 Å². The SMILES string of the molecule is [C-]#[N+]c1ccc2c(-c3cc(C4CCCCC4)cc(C)c3C)[n+](C)c(C)cc2c1. The molecular formula is C26H29N2+. The lowest BCUT2D eigenvalue weighted by atomic mass is 9.81. The topological polar surface area (TPSA) is 8.24 Å². The lowest BCUT2D eigenvalue weighted by Crippen LogP contribution is -2.35. The van der Waals surface area contributed by atoms with Crippen molar-refractivity contribution in [2.75, 3.05) is 0 Å². The number of nitrogens with zero attached hydrogens (tertiary/aromatic N) is 2. The Bertz CT molecular complexity index is 1100. The third kappa shape index (κ3) is 3.20. The van der Waals surface area contributed by atoms with Crippen molar-refractivity contribution in [3.8, 4) is 11.3 Å². The first kappa shape index (κ1) is 18.7. The largest absolute Gasteiger partial charge is 0.238 e. The fourth-order valence-corrected chi connectivity index (χ4v) is 4.76. The average Bonchev–Trinajstić information content (AvgIpc) is 2.71. The maximum atomic E-state index is 7.36. The number of hydrogen-bond donors (Lipinski definition) is 0. The van der Waals surface area contributed by atoms with Crippen molar-refractivity contribution in [3.05, 3.63) is 70.2 Å². The molecule has 3 aromatic rings. The van der Waals surface area contributed by atoms with Crippen LogP contribution in [0.25, 0.3) is 26.9 Å². The van der Waals surface area contributed by atoms with E-state index in [2.05, 4.69) is 61.5 Å². The molecule has 0 spiro atoms. The first-order valence-corrected chi connectivity index (χ1v) is 10.4. The van der Waals surface area contributed by atoms with Gasteiger partial charge in [-0.1, -0.05) is 37.5 Å². The lowest BCUT2D eigenvalue weighted by Gasteiger charge is -2.24. The highest BCUT2D eigenvalue weighted by atomic mass is 14.9. The Hall–Kier alpha value is -2.66. The second-order valence-electron chi connectivity index (χ2n) is 8.42. The monoisotopic (exact) mass is 369 g/mol. The molecule has 2 nitrogen and oxygen atoms in total. The molecule has 0 unspecified atom stereocenters. The van der Waals surface area contributed by atoms with Crippen molar-refractivity contribution >= 4 is 16.5 Å². The summed E-state index contributed by atoms with van der Waals surface area (Å²) in [7, 11) is 2.16. The molecule has 1 heterocycles. The van der Waals surface area contributed by atoms with Crippen LogP contribution in [0.15, 0.2) is 36.4 Å². The van der Waals surface area contributed by atoms with Crippen molar-refractivity contribution < 1.29 is 4.57 Å². The van der Waals surface area contributed by atoms with Gasteiger partial charge < -0.3 is 0 Å². The van der Waals surface area contributed by atoms with Crippen LogP contribution in [0.3, 0.4) is 0 Å². The first-order valence-electron chi connectivity index (χ1n) is 10.4. The normalized spacial score (nSPS) is 15.0. The van der Waals surface area contributed by atoms with Gasteiger partial charge in [0.25, 0.3) is 0 Å². The highest BCUT2D eigenvalue weighted by Gasteiger charge is 2.23. The second kappa shape index (κ2) is 7.40. The van der Waals surface area contributed by atoms with Gasteiger partial charge in [-0.3, -0.25) is 0 Å². The van der Waals surface area contributed by atoms with E-state index in [1.807, 2.05) is 12.1 Å². The molecule has 28 heavy (non-hydrogen) atoms. The fraction of sp³-hybridized carbons (Fsp3) is 0.385. The minimum absolute atomic E-state index is 0.696. The third-order valence-corrected chi connectivity index (χ3v) is 6.67. The molecule has 1 aromatic heterocycles. The molecule has 0 N–H and O–H groups in total. The molecule has 0 saturated heterocycles. The molecule has 1 saturated carbocycles. The molecule has 1 aliphatic rings. The summed E-state index contributed by atoms with van der Waals surface area (Å²) in [4.78, 5) is 3.63. The smallest absolute Gasteiger partial charge is 0.220 e.